The van der Waals surface area contributed by atoms with E-state index in [0.717, 1.165) is 51.2 Å². The van der Waals surface area contributed by atoms with Crippen LogP contribution in [0.25, 0.3) is 0 Å². The van der Waals surface area contributed by atoms with Crippen LogP contribution >= 0.6 is 0 Å². The lowest BCUT2D eigenvalue weighted by Crippen LogP contribution is -2.47. The number of anilines is 1. The van der Waals surface area contributed by atoms with E-state index in [9.17, 15) is 8.78 Å². The molecule has 0 bridgehead atoms. The Morgan fingerprint density at radius 3 is 2.94 bits per heavy atom. The second kappa shape index (κ2) is 6.09. The largest absolute Gasteiger partial charge is 0.350 e. The highest BCUT2D eigenvalue weighted by Gasteiger charge is 2.24. The van der Waals surface area contributed by atoms with Crippen molar-refractivity contribution in [1.29, 1.82) is 0 Å². The van der Waals surface area contributed by atoms with Crippen LogP contribution in [0.2, 0.25) is 0 Å². The van der Waals surface area contributed by atoms with Gasteiger partial charge in [-0.05, 0) is 25.8 Å². The average Bonchev–Trinajstić information content (AvgIpc) is 2.38. The molecular formula is C13H19F2N3. The molecule has 1 saturated heterocycles. The summed E-state index contributed by atoms with van der Waals surface area (Å²) in [5.74, 6) is -0.935. The van der Waals surface area contributed by atoms with Gasteiger partial charge in [0.2, 0.25) is 0 Å². The van der Waals surface area contributed by atoms with E-state index in [2.05, 4.69) is 10.3 Å². The fraction of sp³-hybridized carbons (Fsp3) is 0.615. The van der Waals surface area contributed by atoms with Gasteiger partial charge in [-0.1, -0.05) is 6.92 Å². The van der Waals surface area contributed by atoms with E-state index in [1.54, 1.807) is 0 Å². The van der Waals surface area contributed by atoms with Crippen LogP contribution in [0, 0.1) is 11.6 Å². The van der Waals surface area contributed by atoms with Crippen LogP contribution in [0.1, 0.15) is 26.2 Å². The van der Waals surface area contributed by atoms with Crippen LogP contribution in [0.4, 0.5) is 14.6 Å². The first-order chi connectivity index (χ1) is 8.72. The molecule has 0 aliphatic carbocycles. The van der Waals surface area contributed by atoms with Gasteiger partial charge >= 0.3 is 0 Å². The predicted molar refractivity (Wildman–Crippen MR) is 67.7 cm³/mol. The normalized spacial score (nSPS) is 19.8. The fourth-order valence-corrected chi connectivity index (χ4v) is 2.42. The molecule has 1 aromatic heterocycles. The fourth-order valence-electron chi connectivity index (χ4n) is 2.42. The highest BCUT2D eigenvalue weighted by molar-refractivity contribution is 5.41. The zero-order valence-corrected chi connectivity index (χ0v) is 10.6. The van der Waals surface area contributed by atoms with Crippen LogP contribution in [-0.4, -0.2) is 30.7 Å². The summed E-state index contributed by atoms with van der Waals surface area (Å²) in [5, 5.41) is 3.31. The third kappa shape index (κ3) is 2.96. The molecule has 0 amide bonds. The molecule has 0 aromatic carbocycles. The number of hydrogen-bond donors (Lipinski definition) is 1. The Bertz CT molecular complexity index is 392. The van der Waals surface area contributed by atoms with Crippen LogP contribution in [0.15, 0.2) is 12.3 Å². The van der Waals surface area contributed by atoms with Gasteiger partial charge in [-0.25, -0.2) is 13.8 Å². The molecule has 1 atom stereocenters. The summed E-state index contributed by atoms with van der Waals surface area (Å²) in [7, 11) is 0. The molecule has 1 fully saturated rings. The first kappa shape index (κ1) is 13.2. The molecule has 1 N–H and O–H groups in total. The van der Waals surface area contributed by atoms with E-state index in [-0.39, 0.29) is 11.9 Å². The molecule has 1 aliphatic heterocycles. The molecule has 2 heterocycles. The summed E-state index contributed by atoms with van der Waals surface area (Å²) in [6.07, 6.45) is 4.09. The van der Waals surface area contributed by atoms with E-state index in [1.807, 2.05) is 11.8 Å². The average molecular weight is 255 g/mol. The van der Waals surface area contributed by atoms with Crippen LogP contribution in [0.3, 0.4) is 0 Å². The van der Waals surface area contributed by atoms with Crippen molar-refractivity contribution in [2.75, 3.05) is 24.5 Å². The Morgan fingerprint density at radius 2 is 2.33 bits per heavy atom. The van der Waals surface area contributed by atoms with E-state index < -0.39 is 11.6 Å². The van der Waals surface area contributed by atoms with Crippen molar-refractivity contribution in [2.45, 2.75) is 32.2 Å². The van der Waals surface area contributed by atoms with Crippen LogP contribution < -0.4 is 10.2 Å². The van der Waals surface area contributed by atoms with Gasteiger partial charge in [-0.2, -0.15) is 0 Å². The van der Waals surface area contributed by atoms with Gasteiger partial charge in [-0.3, -0.25) is 0 Å². The maximum atomic E-state index is 13.8. The molecule has 1 aromatic rings. The molecule has 1 unspecified atom stereocenters. The van der Waals surface area contributed by atoms with Gasteiger partial charge in [0.25, 0.3) is 0 Å². The minimum absolute atomic E-state index is 0.242. The molecule has 0 radical (unpaired) electrons. The molecular weight excluding hydrogens is 236 g/mol. The Kier molecular flexibility index (Phi) is 4.47. The summed E-state index contributed by atoms with van der Waals surface area (Å²) in [5.41, 5.74) is 0. The van der Waals surface area contributed by atoms with Crippen molar-refractivity contribution >= 4 is 5.82 Å². The molecule has 2 rings (SSSR count). The molecule has 0 saturated carbocycles. The van der Waals surface area contributed by atoms with Crippen molar-refractivity contribution in [3.63, 3.8) is 0 Å². The number of nitrogens with one attached hydrogen (secondary N) is 1. The summed E-state index contributed by atoms with van der Waals surface area (Å²) in [6.45, 7) is 4.63. The molecule has 0 spiro atoms. The number of pyridine rings is 1. The summed E-state index contributed by atoms with van der Waals surface area (Å²) in [6, 6.07) is 1.15. The summed E-state index contributed by atoms with van der Waals surface area (Å²) in [4.78, 5) is 5.88. The second-order valence-corrected chi connectivity index (χ2v) is 4.65. The van der Waals surface area contributed by atoms with Crippen molar-refractivity contribution in [3.8, 4) is 0 Å². The maximum Gasteiger partial charge on any atom is 0.168 e. The van der Waals surface area contributed by atoms with Gasteiger partial charge in [0.05, 0.1) is 6.20 Å². The number of piperidine rings is 1. The molecule has 1 aliphatic rings. The second-order valence-electron chi connectivity index (χ2n) is 4.65. The topological polar surface area (TPSA) is 28.2 Å². The third-order valence-corrected chi connectivity index (χ3v) is 3.24. The summed E-state index contributed by atoms with van der Waals surface area (Å²) < 4.78 is 26.7. The Morgan fingerprint density at radius 1 is 1.50 bits per heavy atom. The monoisotopic (exact) mass is 255 g/mol. The number of aromatic nitrogens is 1. The van der Waals surface area contributed by atoms with Gasteiger partial charge < -0.3 is 10.2 Å². The van der Waals surface area contributed by atoms with Crippen molar-refractivity contribution < 1.29 is 8.78 Å². The number of rotatable bonds is 4. The van der Waals surface area contributed by atoms with Crippen molar-refractivity contribution in [3.05, 3.63) is 23.9 Å². The van der Waals surface area contributed by atoms with E-state index in [4.69, 9.17) is 0 Å². The van der Waals surface area contributed by atoms with Gasteiger partial charge in [0, 0.05) is 25.2 Å². The lowest BCUT2D eigenvalue weighted by atomic mass is 10.1. The molecule has 18 heavy (non-hydrogen) atoms. The zero-order chi connectivity index (χ0) is 13.0. The Hall–Kier alpha value is -1.23. The van der Waals surface area contributed by atoms with Crippen molar-refractivity contribution in [1.82, 2.24) is 10.3 Å². The van der Waals surface area contributed by atoms with Gasteiger partial charge in [0.15, 0.2) is 11.6 Å². The molecule has 5 heteroatoms. The lowest BCUT2D eigenvalue weighted by molar-refractivity contribution is 0.423. The number of halogens is 2. The molecule has 100 valence electrons. The van der Waals surface area contributed by atoms with Crippen LogP contribution in [0.5, 0.6) is 0 Å². The minimum atomic E-state index is -0.630. The standard InChI is InChI=1S/C13H19F2N3/c1-2-6-18(11-4-3-5-16-9-11)13-12(15)7-10(14)8-17-13/h7-8,11,16H,2-6,9H2,1H3. The minimum Gasteiger partial charge on any atom is -0.350 e. The Labute approximate surface area is 106 Å². The highest BCUT2D eigenvalue weighted by Crippen LogP contribution is 2.22. The lowest BCUT2D eigenvalue weighted by Gasteiger charge is -2.35. The summed E-state index contributed by atoms with van der Waals surface area (Å²) >= 11 is 0. The first-order valence-electron chi connectivity index (χ1n) is 6.50. The predicted octanol–water partition coefficient (Wildman–Crippen LogP) is 2.33. The molecule has 3 nitrogen and oxygen atoms in total. The van der Waals surface area contributed by atoms with E-state index >= 15 is 0 Å². The van der Waals surface area contributed by atoms with Crippen molar-refractivity contribution in [2.24, 2.45) is 0 Å². The Balaban J connectivity index is 2.22. The van der Waals surface area contributed by atoms with Crippen LogP contribution in [-0.2, 0) is 0 Å². The number of nitrogens with zero attached hydrogens (tertiary/aromatic N) is 2. The SMILES string of the molecule is CCCN(c1ncc(F)cc1F)C1CCCNC1. The zero-order valence-electron chi connectivity index (χ0n) is 10.6. The maximum absolute atomic E-state index is 13.8. The quantitative estimate of drug-likeness (QED) is 0.895. The third-order valence-electron chi connectivity index (χ3n) is 3.24. The van der Waals surface area contributed by atoms with Gasteiger partial charge in [0.1, 0.15) is 5.82 Å². The van der Waals surface area contributed by atoms with Gasteiger partial charge in [-0.15, -0.1) is 0 Å². The van der Waals surface area contributed by atoms with E-state index in [1.165, 1.54) is 0 Å². The smallest absolute Gasteiger partial charge is 0.168 e. The highest BCUT2D eigenvalue weighted by atomic mass is 19.1. The first-order valence-corrected chi connectivity index (χ1v) is 6.50. The number of hydrogen-bond acceptors (Lipinski definition) is 3. The van der Waals surface area contributed by atoms with E-state index in [0.29, 0.717) is 0 Å².